The van der Waals surface area contributed by atoms with Crippen LogP contribution in [0.15, 0.2) is 42.1 Å². The molecule has 154 valence electrons. The number of amides is 1. The van der Waals surface area contributed by atoms with Gasteiger partial charge in [0, 0.05) is 12.3 Å². The van der Waals surface area contributed by atoms with Gasteiger partial charge in [-0.1, -0.05) is 6.08 Å². The third-order valence-electron chi connectivity index (χ3n) is 5.18. The van der Waals surface area contributed by atoms with Crippen molar-refractivity contribution in [2.45, 2.75) is 30.5 Å². The first-order valence-electron chi connectivity index (χ1n) is 8.94. The molecule has 1 heterocycles. The first-order valence-corrected chi connectivity index (χ1v) is 9.28. The summed E-state index contributed by atoms with van der Waals surface area (Å²) in [5, 5.41) is 5.49. The Labute approximate surface area is 172 Å². The minimum atomic E-state index is -1.12. The summed E-state index contributed by atoms with van der Waals surface area (Å²) in [5.41, 5.74) is -0.666. The highest BCUT2D eigenvalue weighted by molar-refractivity contribution is 6.15. The molecule has 4 atom stereocenters. The predicted molar refractivity (Wildman–Crippen MR) is 103 cm³/mol. The van der Waals surface area contributed by atoms with Crippen molar-refractivity contribution in [1.29, 1.82) is 0 Å². The van der Waals surface area contributed by atoms with Crippen LogP contribution >= 0.6 is 11.8 Å². The molecule has 0 unspecified atom stereocenters. The van der Waals surface area contributed by atoms with E-state index in [0.29, 0.717) is 6.42 Å². The topological polar surface area (TPSA) is 114 Å². The van der Waals surface area contributed by atoms with Crippen LogP contribution in [0.3, 0.4) is 0 Å². The van der Waals surface area contributed by atoms with Crippen molar-refractivity contribution in [3.05, 3.63) is 47.4 Å². The average Bonchev–Trinajstić information content (AvgIpc) is 3.32. The Kier molecular flexibility index (Phi) is 5.99. The number of carbonyl (C=O) groups excluding carboxylic acids is 3. The number of hydrogen-bond acceptors (Lipinski definition) is 8. The molecule has 1 saturated carbocycles. The summed E-state index contributed by atoms with van der Waals surface area (Å²) >= 11 is 6.17. The molecule has 3 rings (SSSR count). The van der Waals surface area contributed by atoms with Gasteiger partial charge in [0.25, 0.3) is 0 Å². The van der Waals surface area contributed by atoms with Crippen LogP contribution in [0.1, 0.15) is 23.2 Å². The summed E-state index contributed by atoms with van der Waals surface area (Å²) in [6.45, 7) is 3.81. The highest BCUT2D eigenvalue weighted by Gasteiger charge is 2.61. The van der Waals surface area contributed by atoms with Gasteiger partial charge in [-0.3, -0.25) is 4.79 Å². The van der Waals surface area contributed by atoms with E-state index < -0.39 is 35.5 Å². The zero-order valence-electron chi connectivity index (χ0n) is 15.7. The van der Waals surface area contributed by atoms with Gasteiger partial charge in [0.2, 0.25) is 5.91 Å². The number of nitrogens with zero attached hydrogens (tertiary/aromatic N) is 2. The largest absolute Gasteiger partial charge is 0.467 e. The van der Waals surface area contributed by atoms with Gasteiger partial charge in [-0.05, 0) is 47.6 Å². The van der Waals surface area contributed by atoms with E-state index in [1.807, 2.05) is 0 Å². The highest BCUT2D eigenvalue weighted by atomic mass is 35.5. The normalized spacial score (nSPS) is 28.3. The molecule has 1 aliphatic heterocycles. The number of hydrogen-bond donors (Lipinski definition) is 1. The zero-order valence-corrected chi connectivity index (χ0v) is 16.4. The second-order valence-corrected chi connectivity index (χ2v) is 7.43. The van der Waals surface area contributed by atoms with Crippen LogP contribution in [0.25, 0.3) is 0 Å². The summed E-state index contributed by atoms with van der Waals surface area (Å²) in [6.07, 6.45) is 1.57. The van der Waals surface area contributed by atoms with Crippen molar-refractivity contribution in [1.82, 2.24) is 9.74 Å². The van der Waals surface area contributed by atoms with E-state index in [9.17, 15) is 19.3 Å². The number of carbonyl (C=O) groups is 3. The molecule has 1 amide bonds. The lowest BCUT2D eigenvalue weighted by molar-refractivity contribution is -0.147. The zero-order chi connectivity index (χ0) is 21.2. The Hall–Kier alpha value is -2.78. The fourth-order valence-electron chi connectivity index (χ4n) is 3.44. The van der Waals surface area contributed by atoms with Crippen molar-refractivity contribution in [3.8, 4) is 0 Å². The fraction of sp³-hybridized carbons (Fsp3) is 0.421. The number of halogens is 1. The van der Waals surface area contributed by atoms with Crippen molar-refractivity contribution in [2.75, 3.05) is 13.7 Å². The molecule has 1 aromatic rings. The van der Waals surface area contributed by atoms with E-state index in [0.717, 1.165) is 0 Å². The minimum Gasteiger partial charge on any atom is -0.467 e. The highest BCUT2D eigenvalue weighted by Crippen LogP contribution is 2.45. The number of nitrogens with one attached hydrogen (secondary N) is 1. The van der Waals surface area contributed by atoms with Gasteiger partial charge in [-0.2, -0.15) is 0 Å². The number of benzene rings is 1. The van der Waals surface area contributed by atoms with E-state index in [4.69, 9.17) is 21.3 Å². The van der Waals surface area contributed by atoms with Crippen molar-refractivity contribution in [3.63, 3.8) is 0 Å². The third kappa shape index (κ3) is 4.15. The number of ether oxygens (including phenoxy) is 2. The van der Waals surface area contributed by atoms with Crippen LogP contribution in [-0.4, -0.2) is 53.6 Å². The molecule has 2 aliphatic rings. The molecule has 0 bridgehead atoms. The molecule has 9 nitrogen and oxygen atoms in total. The second kappa shape index (κ2) is 8.30. The SMILES string of the molecule is C=C[C@@H]1C[C@]1(NC(=O)[C@@H]1C[C@@H](OC(=O)c2ccc(N=O)cc2)CN1Cl)C(=O)OC. The third-order valence-corrected chi connectivity index (χ3v) is 5.56. The monoisotopic (exact) mass is 421 g/mol. The van der Waals surface area contributed by atoms with E-state index >= 15 is 0 Å². The first-order chi connectivity index (χ1) is 13.8. The summed E-state index contributed by atoms with van der Waals surface area (Å²) in [7, 11) is 1.26. The molecule has 0 aromatic heterocycles. The molecule has 29 heavy (non-hydrogen) atoms. The Morgan fingerprint density at radius 3 is 2.59 bits per heavy atom. The lowest BCUT2D eigenvalue weighted by Gasteiger charge is -2.21. The average molecular weight is 422 g/mol. The molecule has 1 aromatic carbocycles. The minimum absolute atomic E-state index is 0.148. The molecule has 0 radical (unpaired) electrons. The maximum absolute atomic E-state index is 12.7. The number of nitroso groups, excluding NO2 is 1. The van der Waals surface area contributed by atoms with Gasteiger partial charge in [0.05, 0.1) is 19.2 Å². The Morgan fingerprint density at radius 1 is 1.34 bits per heavy atom. The van der Waals surface area contributed by atoms with Gasteiger partial charge < -0.3 is 14.8 Å². The van der Waals surface area contributed by atoms with Crippen molar-refractivity contribution in [2.24, 2.45) is 11.1 Å². The van der Waals surface area contributed by atoms with Gasteiger partial charge in [-0.15, -0.1) is 11.5 Å². The van der Waals surface area contributed by atoms with Crippen LogP contribution < -0.4 is 5.32 Å². The number of rotatable bonds is 7. The summed E-state index contributed by atoms with van der Waals surface area (Å²) in [4.78, 5) is 47.5. The predicted octanol–water partition coefficient (Wildman–Crippen LogP) is 2.07. The second-order valence-electron chi connectivity index (χ2n) is 7.00. The summed E-state index contributed by atoms with van der Waals surface area (Å²) in [5.74, 6) is -1.79. The summed E-state index contributed by atoms with van der Waals surface area (Å²) < 4.78 is 11.5. The molecular weight excluding hydrogens is 402 g/mol. The van der Waals surface area contributed by atoms with E-state index in [1.165, 1.54) is 35.8 Å². The van der Waals surface area contributed by atoms with Crippen LogP contribution in [0.5, 0.6) is 0 Å². The molecule has 1 aliphatic carbocycles. The van der Waals surface area contributed by atoms with Gasteiger partial charge in [0.15, 0.2) is 0 Å². The van der Waals surface area contributed by atoms with Gasteiger partial charge in [0.1, 0.15) is 23.4 Å². The van der Waals surface area contributed by atoms with E-state index in [-0.39, 0.29) is 30.1 Å². The number of methoxy groups -OCH3 is 1. The Bertz CT molecular complexity index is 845. The molecule has 0 spiro atoms. The van der Waals surface area contributed by atoms with Crippen LogP contribution in [0, 0.1) is 10.8 Å². The quantitative estimate of drug-likeness (QED) is 0.310. The molecule has 2 fully saturated rings. The lowest BCUT2D eigenvalue weighted by Crippen LogP contribution is -2.51. The lowest BCUT2D eigenvalue weighted by atomic mass is 10.1. The van der Waals surface area contributed by atoms with Gasteiger partial charge in [-0.25, -0.2) is 14.0 Å². The molecule has 1 N–H and O–H groups in total. The number of esters is 2. The van der Waals surface area contributed by atoms with Crippen molar-refractivity contribution < 1.29 is 23.9 Å². The fourth-order valence-corrected chi connectivity index (χ4v) is 3.77. The van der Waals surface area contributed by atoms with Crippen LogP contribution in [-0.2, 0) is 19.1 Å². The molecule has 1 saturated heterocycles. The Balaban J connectivity index is 1.60. The maximum atomic E-state index is 12.7. The summed E-state index contributed by atoms with van der Waals surface area (Å²) in [6, 6.07) is 4.89. The van der Waals surface area contributed by atoms with Gasteiger partial charge >= 0.3 is 11.9 Å². The maximum Gasteiger partial charge on any atom is 0.338 e. The van der Waals surface area contributed by atoms with E-state index in [1.54, 1.807) is 6.08 Å². The van der Waals surface area contributed by atoms with Crippen LogP contribution in [0.4, 0.5) is 5.69 Å². The Morgan fingerprint density at radius 2 is 2.03 bits per heavy atom. The van der Waals surface area contributed by atoms with Crippen LogP contribution in [0.2, 0.25) is 0 Å². The molecule has 10 heteroatoms. The first kappa shape index (κ1) is 20.9. The van der Waals surface area contributed by atoms with Crippen molar-refractivity contribution >= 4 is 35.3 Å². The standard InChI is InChI=1S/C19H20ClN3O6/c1-3-12-9-19(12,18(26)28-2)21-16(24)15-8-14(10-23(15)20)29-17(25)11-4-6-13(22-27)7-5-11/h3-7,12,14-15H,1,8-10H2,2H3,(H,21,24)/t12-,14-,15+,19-/m1/s1. The smallest absolute Gasteiger partial charge is 0.338 e. The van der Waals surface area contributed by atoms with E-state index in [2.05, 4.69) is 17.1 Å². The molecular formula is C19H20ClN3O6.